The van der Waals surface area contributed by atoms with E-state index in [4.69, 9.17) is 0 Å². The fourth-order valence-corrected chi connectivity index (χ4v) is 3.35. The lowest BCUT2D eigenvalue weighted by molar-refractivity contribution is 0.262. The van der Waals surface area contributed by atoms with Crippen molar-refractivity contribution in [2.45, 2.75) is 20.4 Å². The average molecular weight is 362 g/mol. The number of rotatable bonds is 6. The Balaban J connectivity index is 1.57. The van der Waals surface area contributed by atoms with Crippen LogP contribution in [0.4, 0.5) is 15.6 Å². The maximum Gasteiger partial charge on any atom is 0.325 e. The second-order valence-electron chi connectivity index (χ2n) is 5.69. The first-order valence-electron chi connectivity index (χ1n) is 7.56. The van der Waals surface area contributed by atoms with Crippen molar-refractivity contribution < 1.29 is 4.79 Å². The second-order valence-corrected chi connectivity index (χ2v) is 7.07. The molecule has 0 bridgehead atoms. The van der Waals surface area contributed by atoms with Crippen LogP contribution in [0.1, 0.15) is 19.5 Å². The number of aromatic nitrogens is 3. The van der Waals surface area contributed by atoms with E-state index < -0.39 is 0 Å². The van der Waals surface area contributed by atoms with Gasteiger partial charge < -0.3 is 10.6 Å². The SMILES string of the molecule is CC(C)CNCc1csc(NC(=O)Nc2cccc3nsnc23)n1. The van der Waals surface area contributed by atoms with E-state index in [1.54, 1.807) is 6.07 Å². The molecule has 3 aromatic rings. The number of thiazole rings is 1. The number of carbonyl (C=O) groups excluding carboxylic acids is 1. The van der Waals surface area contributed by atoms with Gasteiger partial charge in [-0.15, -0.1) is 11.3 Å². The molecular formula is C15H18N6OS2. The molecule has 2 aromatic heterocycles. The Hall–Kier alpha value is -2.10. The molecule has 0 saturated carbocycles. The summed E-state index contributed by atoms with van der Waals surface area (Å²) in [5.41, 5.74) is 3.01. The Morgan fingerprint density at radius 3 is 2.96 bits per heavy atom. The zero-order chi connectivity index (χ0) is 16.9. The maximum absolute atomic E-state index is 12.1. The number of hydrogen-bond donors (Lipinski definition) is 3. The van der Waals surface area contributed by atoms with Gasteiger partial charge in [0.25, 0.3) is 0 Å². The molecule has 0 aliphatic rings. The van der Waals surface area contributed by atoms with Crippen molar-refractivity contribution >= 4 is 50.9 Å². The van der Waals surface area contributed by atoms with Crippen molar-refractivity contribution in [1.82, 2.24) is 19.0 Å². The van der Waals surface area contributed by atoms with Crippen LogP contribution in [0.2, 0.25) is 0 Å². The molecule has 0 spiro atoms. The quantitative estimate of drug-likeness (QED) is 0.624. The molecule has 0 aliphatic heterocycles. The highest BCUT2D eigenvalue weighted by molar-refractivity contribution is 7.13. The molecule has 7 nitrogen and oxygen atoms in total. The number of urea groups is 1. The second kappa shape index (κ2) is 7.65. The molecule has 3 rings (SSSR count). The molecule has 0 radical (unpaired) electrons. The summed E-state index contributed by atoms with van der Waals surface area (Å²) >= 11 is 2.53. The van der Waals surface area contributed by atoms with Gasteiger partial charge in [0.1, 0.15) is 11.0 Å². The van der Waals surface area contributed by atoms with Crippen LogP contribution in [0, 0.1) is 5.92 Å². The van der Waals surface area contributed by atoms with E-state index in [1.807, 2.05) is 17.5 Å². The molecule has 0 aliphatic carbocycles. The fraction of sp³-hybridized carbons (Fsp3) is 0.333. The maximum atomic E-state index is 12.1. The van der Waals surface area contributed by atoms with E-state index in [2.05, 4.69) is 43.5 Å². The minimum absolute atomic E-state index is 0.341. The van der Waals surface area contributed by atoms with Gasteiger partial charge in [-0.3, -0.25) is 5.32 Å². The van der Waals surface area contributed by atoms with E-state index in [1.165, 1.54) is 11.3 Å². The molecule has 0 atom stereocenters. The topological polar surface area (TPSA) is 91.8 Å². The Morgan fingerprint density at radius 2 is 2.12 bits per heavy atom. The number of nitrogens with one attached hydrogen (secondary N) is 3. The minimum Gasteiger partial charge on any atom is -0.311 e. The van der Waals surface area contributed by atoms with E-state index in [9.17, 15) is 4.79 Å². The summed E-state index contributed by atoms with van der Waals surface area (Å²) in [6.07, 6.45) is 0. The third kappa shape index (κ3) is 4.25. The summed E-state index contributed by atoms with van der Waals surface area (Å²) in [5.74, 6) is 0.593. The molecule has 1 aromatic carbocycles. The van der Waals surface area contributed by atoms with Crippen molar-refractivity contribution in [2.75, 3.05) is 17.2 Å². The lowest BCUT2D eigenvalue weighted by Crippen LogP contribution is -2.20. The molecule has 0 saturated heterocycles. The van der Waals surface area contributed by atoms with Gasteiger partial charge in [-0.05, 0) is 24.6 Å². The minimum atomic E-state index is -0.341. The summed E-state index contributed by atoms with van der Waals surface area (Å²) in [6, 6.07) is 5.15. The molecule has 0 fully saturated rings. The lowest BCUT2D eigenvalue weighted by Gasteiger charge is -2.06. The standard InChI is InChI=1S/C15H18N6OS2/c1-9(2)6-16-7-10-8-23-15(17-10)19-14(22)18-11-4-3-5-12-13(11)21-24-20-12/h3-5,8-9,16H,6-7H2,1-2H3,(H2,17,18,19,22). The van der Waals surface area contributed by atoms with E-state index in [0.29, 0.717) is 28.8 Å². The highest BCUT2D eigenvalue weighted by Gasteiger charge is 2.10. The predicted octanol–water partition coefficient (Wildman–Crippen LogP) is 3.54. The number of benzene rings is 1. The van der Waals surface area contributed by atoms with Crippen LogP contribution in [0.3, 0.4) is 0 Å². The molecular weight excluding hydrogens is 344 g/mol. The van der Waals surface area contributed by atoms with Gasteiger partial charge in [-0.2, -0.15) is 8.75 Å². The van der Waals surface area contributed by atoms with Crippen LogP contribution in [-0.4, -0.2) is 26.3 Å². The van der Waals surface area contributed by atoms with Crippen molar-refractivity contribution in [3.8, 4) is 0 Å². The van der Waals surface area contributed by atoms with Crippen LogP contribution >= 0.6 is 23.1 Å². The zero-order valence-corrected chi connectivity index (χ0v) is 15.0. The largest absolute Gasteiger partial charge is 0.325 e. The summed E-state index contributed by atoms with van der Waals surface area (Å²) in [5, 5.41) is 11.4. The zero-order valence-electron chi connectivity index (χ0n) is 13.4. The first-order chi connectivity index (χ1) is 11.6. The Kier molecular flexibility index (Phi) is 5.34. The number of carbonyl (C=O) groups is 1. The van der Waals surface area contributed by atoms with Crippen LogP contribution in [0.5, 0.6) is 0 Å². The van der Waals surface area contributed by atoms with Crippen molar-refractivity contribution in [2.24, 2.45) is 5.92 Å². The fourth-order valence-electron chi connectivity index (χ4n) is 2.09. The van der Waals surface area contributed by atoms with Gasteiger partial charge >= 0.3 is 6.03 Å². The van der Waals surface area contributed by atoms with Gasteiger partial charge in [-0.25, -0.2) is 9.78 Å². The molecule has 9 heteroatoms. The monoisotopic (exact) mass is 362 g/mol. The van der Waals surface area contributed by atoms with E-state index in [-0.39, 0.29) is 6.03 Å². The number of anilines is 2. The Labute approximate surface area is 147 Å². The molecule has 2 heterocycles. The van der Waals surface area contributed by atoms with Gasteiger partial charge in [0, 0.05) is 11.9 Å². The third-order valence-electron chi connectivity index (χ3n) is 3.17. The Morgan fingerprint density at radius 1 is 1.25 bits per heavy atom. The van der Waals surface area contributed by atoms with Crippen molar-refractivity contribution in [1.29, 1.82) is 0 Å². The van der Waals surface area contributed by atoms with Crippen LogP contribution in [-0.2, 0) is 6.54 Å². The number of hydrogen-bond acceptors (Lipinski definition) is 7. The van der Waals surface area contributed by atoms with E-state index >= 15 is 0 Å². The molecule has 0 unspecified atom stereocenters. The lowest BCUT2D eigenvalue weighted by atomic mass is 10.2. The van der Waals surface area contributed by atoms with E-state index in [0.717, 1.165) is 29.5 Å². The van der Waals surface area contributed by atoms with Crippen molar-refractivity contribution in [3.63, 3.8) is 0 Å². The van der Waals surface area contributed by atoms with Crippen molar-refractivity contribution in [3.05, 3.63) is 29.3 Å². The van der Waals surface area contributed by atoms with Gasteiger partial charge in [0.05, 0.1) is 23.1 Å². The normalized spacial score (nSPS) is 11.1. The third-order valence-corrected chi connectivity index (χ3v) is 4.51. The summed E-state index contributed by atoms with van der Waals surface area (Å²) in [7, 11) is 0. The van der Waals surface area contributed by atoms with Crippen LogP contribution < -0.4 is 16.0 Å². The predicted molar refractivity (Wildman–Crippen MR) is 98.7 cm³/mol. The number of fused-ring (bicyclic) bond motifs is 1. The molecule has 24 heavy (non-hydrogen) atoms. The first-order valence-corrected chi connectivity index (χ1v) is 9.17. The number of nitrogens with zero attached hydrogens (tertiary/aromatic N) is 3. The molecule has 126 valence electrons. The Bertz CT molecular complexity index is 828. The van der Waals surface area contributed by atoms with Gasteiger partial charge in [-0.1, -0.05) is 19.9 Å². The highest BCUT2D eigenvalue weighted by atomic mass is 32.1. The summed E-state index contributed by atoms with van der Waals surface area (Å²) in [6.45, 7) is 5.95. The molecule has 2 amide bonds. The van der Waals surface area contributed by atoms with Gasteiger partial charge in [0.2, 0.25) is 0 Å². The number of amides is 2. The first kappa shape index (κ1) is 16.7. The summed E-state index contributed by atoms with van der Waals surface area (Å²) in [4.78, 5) is 16.5. The molecule has 3 N–H and O–H groups in total. The van der Waals surface area contributed by atoms with Crippen LogP contribution in [0.15, 0.2) is 23.6 Å². The summed E-state index contributed by atoms with van der Waals surface area (Å²) < 4.78 is 8.35. The van der Waals surface area contributed by atoms with Crippen LogP contribution in [0.25, 0.3) is 11.0 Å². The highest BCUT2D eigenvalue weighted by Crippen LogP contribution is 2.22. The average Bonchev–Trinajstić information content (AvgIpc) is 3.16. The smallest absolute Gasteiger partial charge is 0.311 e. The van der Waals surface area contributed by atoms with Gasteiger partial charge in [0.15, 0.2) is 5.13 Å².